The molecule has 1 atom stereocenters. The van der Waals surface area contributed by atoms with E-state index in [-0.39, 0.29) is 0 Å². The molecule has 4 aromatic rings. The average molecular weight is 496 g/mol. The molecule has 0 spiro atoms. The highest BCUT2D eigenvalue weighted by Crippen LogP contribution is 2.52. The number of rotatable bonds is 5. The van der Waals surface area contributed by atoms with Crippen molar-refractivity contribution in [3.8, 4) is 33.4 Å². The standard InChI is InChI=1S/C36H35Si/c1-6-10-24-17-23-15-16-29-31-13-9-12-30-28-11-7-8-14-32(28)37(36(30)31)35(24)34(23)33(29)27-19-25(21(2)3)18-26(20-27)22(4)5/h7-9,11-22,35H,6,10H2,1-5H3. The monoisotopic (exact) mass is 495 g/mol. The van der Waals surface area contributed by atoms with Gasteiger partial charge in [-0.1, -0.05) is 125 Å². The van der Waals surface area contributed by atoms with Crippen molar-refractivity contribution in [2.45, 2.75) is 64.8 Å². The molecule has 0 nitrogen and oxygen atoms in total. The minimum absolute atomic E-state index is 0.506. The molecule has 1 aliphatic carbocycles. The maximum Gasteiger partial charge on any atom is 0.135 e. The van der Waals surface area contributed by atoms with Gasteiger partial charge in [-0.3, -0.25) is 0 Å². The van der Waals surface area contributed by atoms with Crippen molar-refractivity contribution >= 4 is 25.2 Å². The van der Waals surface area contributed by atoms with Gasteiger partial charge < -0.3 is 0 Å². The zero-order valence-electron chi connectivity index (χ0n) is 22.7. The van der Waals surface area contributed by atoms with Crippen molar-refractivity contribution in [2.75, 3.05) is 0 Å². The Balaban J connectivity index is 1.60. The molecule has 1 heteroatoms. The summed E-state index contributed by atoms with van der Waals surface area (Å²) in [6, 6.07) is 28.7. The van der Waals surface area contributed by atoms with Crippen LogP contribution in [0.3, 0.4) is 0 Å². The first kappa shape index (κ1) is 23.0. The Bertz CT molecular complexity index is 1570. The molecule has 7 rings (SSSR count). The van der Waals surface area contributed by atoms with Crippen LogP contribution in [0.4, 0.5) is 0 Å². The van der Waals surface area contributed by atoms with Crippen molar-refractivity contribution < 1.29 is 0 Å². The third kappa shape index (κ3) is 3.26. The number of hydrogen-bond acceptors (Lipinski definition) is 0. The second kappa shape index (κ2) is 8.43. The van der Waals surface area contributed by atoms with Crippen LogP contribution in [-0.2, 0) is 0 Å². The van der Waals surface area contributed by atoms with Crippen molar-refractivity contribution in [3.05, 3.63) is 101 Å². The molecule has 0 N–H and O–H groups in total. The number of allylic oxidation sites excluding steroid dienone is 1. The van der Waals surface area contributed by atoms with E-state index >= 15 is 0 Å². The second-order valence-corrected chi connectivity index (χ2v) is 14.2. The van der Waals surface area contributed by atoms with Crippen LogP contribution < -0.4 is 10.4 Å². The Morgan fingerprint density at radius 3 is 2.11 bits per heavy atom. The molecule has 1 unspecified atom stereocenters. The summed E-state index contributed by atoms with van der Waals surface area (Å²) >= 11 is 0. The summed E-state index contributed by atoms with van der Waals surface area (Å²) in [6.45, 7) is 11.7. The first-order valence-corrected chi connectivity index (χ1v) is 15.7. The average Bonchev–Trinajstić information content (AvgIpc) is 3.40. The SMILES string of the molecule is CCCC1=Cc2ccc3c(-c4cc(C(C)C)cc(C(C)C)c4)c2C1[Si]1c2ccccc2-c2cccc-3c21. The van der Waals surface area contributed by atoms with E-state index in [0.717, 1.165) is 0 Å². The van der Waals surface area contributed by atoms with E-state index in [1.165, 1.54) is 62.9 Å². The van der Waals surface area contributed by atoms with Gasteiger partial charge in [-0.15, -0.1) is 0 Å². The van der Waals surface area contributed by atoms with Crippen LogP contribution in [-0.4, -0.2) is 8.80 Å². The maximum absolute atomic E-state index is 2.57. The molecule has 2 aliphatic heterocycles. The number of benzene rings is 4. The zero-order valence-corrected chi connectivity index (χ0v) is 23.7. The summed E-state index contributed by atoms with van der Waals surface area (Å²) in [4.78, 5) is 0. The van der Waals surface area contributed by atoms with Crippen LogP contribution in [0.25, 0.3) is 39.5 Å². The van der Waals surface area contributed by atoms with Gasteiger partial charge in [-0.05, 0) is 84.3 Å². The van der Waals surface area contributed by atoms with E-state index in [1.54, 1.807) is 21.5 Å². The summed E-state index contributed by atoms with van der Waals surface area (Å²) in [5.74, 6) is 1.02. The van der Waals surface area contributed by atoms with Crippen molar-refractivity contribution in [1.29, 1.82) is 0 Å². The Morgan fingerprint density at radius 1 is 0.730 bits per heavy atom. The van der Waals surface area contributed by atoms with Crippen LogP contribution in [0.5, 0.6) is 0 Å². The van der Waals surface area contributed by atoms with E-state index in [2.05, 4.69) is 113 Å². The fourth-order valence-corrected chi connectivity index (χ4v) is 10.9. The molecule has 0 saturated heterocycles. The van der Waals surface area contributed by atoms with Crippen molar-refractivity contribution in [3.63, 3.8) is 0 Å². The molecule has 0 amide bonds. The lowest BCUT2D eigenvalue weighted by molar-refractivity contribution is 0.834. The molecule has 0 aromatic heterocycles. The molecule has 1 radical (unpaired) electrons. The largest absolute Gasteiger partial charge is 0.135 e. The normalized spacial score (nSPS) is 16.7. The third-order valence-electron chi connectivity index (χ3n) is 8.84. The van der Waals surface area contributed by atoms with E-state index in [4.69, 9.17) is 0 Å². The van der Waals surface area contributed by atoms with Gasteiger partial charge in [-0.25, -0.2) is 0 Å². The summed E-state index contributed by atoms with van der Waals surface area (Å²) in [7, 11) is -1.01. The third-order valence-corrected chi connectivity index (χ3v) is 12.2. The molecule has 37 heavy (non-hydrogen) atoms. The predicted octanol–water partition coefficient (Wildman–Crippen LogP) is 8.69. The van der Waals surface area contributed by atoms with Gasteiger partial charge in [0, 0.05) is 5.54 Å². The molecule has 183 valence electrons. The molecular formula is C36H35Si. The Kier molecular flexibility index (Phi) is 5.24. The molecule has 2 bridgehead atoms. The second-order valence-electron chi connectivity index (χ2n) is 11.8. The highest BCUT2D eigenvalue weighted by Gasteiger charge is 2.46. The molecule has 0 fully saturated rings. The Hall–Kier alpha value is -3.16. The Morgan fingerprint density at radius 2 is 1.41 bits per heavy atom. The smallest absolute Gasteiger partial charge is 0.0651 e. The van der Waals surface area contributed by atoms with Gasteiger partial charge in [0.2, 0.25) is 0 Å². The summed E-state index contributed by atoms with van der Waals surface area (Å²) in [6.07, 6.45) is 4.95. The van der Waals surface area contributed by atoms with E-state index < -0.39 is 8.80 Å². The van der Waals surface area contributed by atoms with E-state index in [0.29, 0.717) is 17.4 Å². The van der Waals surface area contributed by atoms with Crippen LogP contribution in [0, 0.1) is 0 Å². The van der Waals surface area contributed by atoms with Crippen molar-refractivity contribution in [1.82, 2.24) is 0 Å². The lowest BCUT2D eigenvalue weighted by Crippen LogP contribution is -2.44. The highest BCUT2D eigenvalue weighted by atomic mass is 28.3. The topological polar surface area (TPSA) is 0 Å². The molecular weight excluding hydrogens is 460 g/mol. The summed E-state index contributed by atoms with van der Waals surface area (Å²) in [5.41, 5.74) is 17.0. The first-order chi connectivity index (χ1) is 18.0. The van der Waals surface area contributed by atoms with Gasteiger partial charge in [-0.2, -0.15) is 0 Å². The van der Waals surface area contributed by atoms with E-state index in [1.807, 2.05) is 0 Å². The van der Waals surface area contributed by atoms with Gasteiger partial charge in [0.15, 0.2) is 0 Å². The fraction of sp³-hybridized carbons (Fsp3) is 0.278. The fourth-order valence-electron chi connectivity index (χ4n) is 7.08. The number of fused-ring (bicyclic) bond motifs is 6. The molecule has 2 heterocycles. The molecule has 3 aliphatic rings. The van der Waals surface area contributed by atoms with Crippen LogP contribution in [0.2, 0.25) is 0 Å². The van der Waals surface area contributed by atoms with Crippen LogP contribution in [0.15, 0.2) is 78.4 Å². The van der Waals surface area contributed by atoms with E-state index in [9.17, 15) is 0 Å². The lowest BCUT2D eigenvalue weighted by atomic mass is 9.84. The first-order valence-electron chi connectivity index (χ1n) is 14.1. The van der Waals surface area contributed by atoms with Crippen LogP contribution in [0.1, 0.15) is 87.1 Å². The van der Waals surface area contributed by atoms with Gasteiger partial charge in [0.05, 0.1) is 0 Å². The van der Waals surface area contributed by atoms with Crippen molar-refractivity contribution in [2.24, 2.45) is 0 Å². The predicted molar refractivity (Wildman–Crippen MR) is 162 cm³/mol. The Labute approximate surface area is 223 Å². The zero-order chi connectivity index (χ0) is 25.4. The van der Waals surface area contributed by atoms with Gasteiger partial charge in [0.25, 0.3) is 0 Å². The number of hydrogen-bond donors (Lipinski definition) is 0. The van der Waals surface area contributed by atoms with Crippen LogP contribution >= 0.6 is 0 Å². The van der Waals surface area contributed by atoms with Gasteiger partial charge >= 0.3 is 0 Å². The lowest BCUT2D eigenvalue weighted by Gasteiger charge is -2.25. The minimum Gasteiger partial charge on any atom is -0.0651 e. The molecule has 0 saturated carbocycles. The highest BCUT2D eigenvalue weighted by molar-refractivity contribution is 6.92. The molecule has 4 aromatic carbocycles. The summed E-state index contributed by atoms with van der Waals surface area (Å²) in [5, 5.41) is 3.27. The minimum atomic E-state index is -1.01. The quantitative estimate of drug-likeness (QED) is 0.243. The maximum atomic E-state index is 2.57. The summed E-state index contributed by atoms with van der Waals surface area (Å²) < 4.78 is 0. The van der Waals surface area contributed by atoms with Gasteiger partial charge in [0.1, 0.15) is 8.80 Å².